The molecule has 76 valence electrons. The first-order chi connectivity index (χ1) is 7.27. The van der Waals surface area contributed by atoms with Gasteiger partial charge in [0.05, 0.1) is 11.2 Å². The first-order valence-electron chi connectivity index (χ1n) is 5.00. The summed E-state index contributed by atoms with van der Waals surface area (Å²) in [5, 5.41) is 3.53. The molecule has 0 fully saturated rings. The highest BCUT2D eigenvalue weighted by molar-refractivity contribution is 5.82. The van der Waals surface area contributed by atoms with Gasteiger partial charge in [0.25, 0.3) is 0 Å². The Bertz CT molecular complexity index is 618. The number of rotatable bonds is 1. The molecule has 0 aliphatic rings. The number of aromatic amines is 1. The number of nitrogens with one attached hydrogen (secondary N) is 1. The van der Waals surface area contributed by atoms with Crippen LogP contribution in [0.2, 0.25) is 0 Å². The van der Waals surface area contributed by atoms with Crippen molar-refractivity contribution < 1.29 is 0 Å². The Morgan fingerprint density at radius 3 is 2.93 bits per heavy atom. The molecule has 1 N–H and O–H groups in total. The minimum atomic E-state index is 1.03. The fraction of sp³-hybridized carbons (Fsp3) is 0.154. The largest absolute Gasteiger partial charge is 0.353 e. The number of aromatic nitrogens is 2. The number of hydrogen-bond donors (Lipinski definition) is 1. The lowest BCUT2D eigenvalue weighted by Gasteiger charge is -1.92. The van der Waals surface area contributed by atoms with Gasteiger partial charge in [-0.3, -0.25) is 4.98 Å². The van der Waals surface area contributed by atoms with Crippen molar-refractivity contribution >= 4 is 23.1 Å². The number of nitrogens with zero attached hydrogens (tertiary/aromatic N) is 1. The number of hydrogen-bond acceptors (Lipinski definition) is 1. The Balaban J connectivity index is 3.05. The van der Waals surface area contributed by atoms with Gasteiger partial charge < -0.3 is 4.98 Å². The highest BCUT2D eigenvalue weighted by atomic mass is 14.8. The van der Waals surface area contributed by atoms with Crippen LogP contribution in [0, 0.1) is 6.92 Å². The molecule has 0 aromatic carbocycles. The Hall–Kier alpha value is -1.83. The quantitative estimate of drug-likeness (QED) is 0.741. The Morgan fingerprint density at radius 1 is 1.47 bits per heavy atom. The van der Waals surface area contributed by atoms with Gasteiger partial charge in [-0.15, -0.1) is 0 Å². The van der Waals surface area contributed by atoms with Crippen molar-refractivity contribution in [1.29, 1.82) is 0 Å². The maximum atomic E-state index is 4.27. The van der Waals surface area contributed by atoms with Crippen molar-refractivity contribution in [2.75, 3.05) is 0 Å². The molecule has 0 radical (unpaired) electrons. The summed E-state index contributed by atoms with van der Waals surface area (Å²) in [5.74, 6) is 0. The summed E-state index contributed by atoms with van der Waals surface area (Å²) in [5.41, 5.74) is 2.14. The summed E-state index contributed by atoms with van der Waals surface area (Å²) >= 11 is 0. The van der Waals surface area contributed by atoms with Gasteiger partial charge in [0.1, 0.15) is 0 Å². The minimum Gasteiger partial charge on any atom is -0.353 e. The van der Waals surface area contributed by atoms with Crippen LogP contribution in [-0.2, 0) is 0 Å². The minimum absolute atomic E-state index is 1.03. The van der Waals surface area contributed by atoms with Gasteiger partial charge in [0.2, 0.25) is 0 Å². The van der Waals surface area contributed by atoms with Gasteiger partial charge in [-0.2, -0.15) is 0 Å². The lowest BCUT2D eigenvalue weighted by Crippen LogP contribution is -2.21. The van der Waals surface area contributed by atoms with Crippen molar-refractivity contribution in [3.05, 3.63) is 41.2 Å². The van der Waals surface area contributed by atoms with Crippen LogP contribution in [0.3, 0.4) is 0 Å². The topological polar surface area (TPSA) is 28.7 Å². The average molecular weight is 198 g/mol. The zero-order chi connectivity index (χ0) is 10.8. The van der Waals surface area contributed by atoms with Crippen LogP contribution in [0.15, 0.2) is 24.9 Å². The first-order valence-corrected chi connectivity index (χ1v) is 5.00. The molecule has 15 heavy (non-hydrogen) atoms. The van der Waals surface area contributed by atoms with Gasteiger partial charge in [-0.25, -0.2) is 0 Å². The normalized spacial score (nSPS) is 13.7. The van der Waals surface area contributed by atoms with Crippen LogP contribution in [0.5, 0.6) is 0 Å². The second-order valence-corrected chi connectivity index (χ2v) is 3.46. The van der Waals surface area contributed by atoms with E-state index < -0.39 is 0 Å². The van der Waals surface area contributed by atoms with Crippen molar-refractivity contribution in [2.45, 2.75) is 13.8 Å². The van der Waals surface area contributed by atoms with Crippen LogP contribution >= 0.6 is 0 Å². The van der Waals surface area contributed by atoms with Crippen molar-refractivity contribution in [3.8, 4) is 0 Å². The maximum absolute atomic E-state index is 4.27. The summed E-state index contributed by atoms with van der Waals surface area (Å²) in [4.78, 5) is 7.64. The SMILES string of the molecule is C=C/C=c1/[nH]c2c(C)nccc2/c1=C/C. The number of H-pyrrole nitrogens is 1. The van der Waals surface area contributed by atoms with Crippen LogP contribution in [0.1, 0.15) is 12.6 Å². The van der Waals surface area contributed by atoms with E-state index in [0.717, 1.165) is 16.6 Å². The number of allylic oxidation sites excluding steroid dienone is 1. The van der Waals surface area contributed by atoms with E-state index in [9.17, 15) is 0 Å². The van der Waals surface area contributed by atoms with Crippen molar-refractivity contribution in [2.24, 2.45) is 0 Å². The fourth-order valence-corrected chi connectivity index (χ4v) is 1.86. The third kappa shape index (κ3) is 1.48. The van der Waals surface area contributed by atoms with Gasteiger partial charge >= 0.3 is 0 Å². The lowest BCUT2D eigenvalue weighted by atomic mass is 10.2. The number of aryl methyl sites for hydroxylation is 1. The van der Waals surface area contributed by atoms with E-state index in [2.05, 4.69) is 22.6 Å². The molecule has 0 unspecified atom stereocenters. The zero-order valence-corrected chi connectivity index (χ0v) is 9.04. The molecule has 0 saturated carbocycles. The van der Waals surface area contributed by atoms with Crippen LogP contribution in [0.25, 0.3) is 23.1 Å². The summed E-state index contributed by atoms with van der Waals surface area (Å²) in [6.07, 6.45) is 7.72. The smallest absolute Gasteiger partial charge is 0.0680 e. The third-order valence-corrected chi connectivity index (χ3v) is 2.55. The molecule has 2 heterocycles. The van der Waals surface area contributed by atoms with E-state index in [0.29, 0.717) is 0 Å². The molecule has 0 spiro atoms. The molecular formula is C13H14N2. The van der Waals surface area contributed by atoms with E-state index in [1.807, 2.05) is 32.2 Å². The van der Waals surface area contributed by atoms with Crippen LogP contribution in [-0.4, -0.2) is 9.97 Å². The molecular weight excluding hydrogens is 184 g/mol. The molecule has 2 nitrogen and oxygen atoms in total. The van der Waals surface area contributed by atoms with Crippen molar-refractivity contribution in [3.63, 3.8) is 0 Å². The fourth-order valence-electron chi connectivity index (χ4n) is 1.86. The van der Waals surface area contributed by atoms with Gasteiger partial charge in [-0.1, -0.05) is 18.7 Å². The summed E-state index contributed by atoms with van der Waals surface area (Å²) < 4.78 is 0. The highest BCUT2D eigenvalue weighted by Gasteiger charge is 2.01. The number of fused-ring (bicyclic) bond motifs is 1. The maximum Gasteiger partial charge on any atom is 0.0680 e. The first kappa shape index (κ1) is 9.71. The molecule has 0 amide bonds. The van der Waals surface area contributed by atoms with E-state index >= 15 is 0 Å². The molecule has 2 aromatic heterocycles. The zero-order valence-electron chi connectivity index (χ0n) is 9.04. The standard InChI is InChI=1S/C13H14N2/c1-4-6-12-10(5-2)11-7-8-14-9(3)13(11)15-12/h4-8,15H,1H2,2-3H3/b10-5-,12-6+. The summed E-state index contributed by atoms with van der Waals surface area (Å²) in [6, 6.07) is 2.04. The highest BCUT2D eigenvalue weighted by Crippen LogP contribution is 2.07. The molecule has 0 bridgehead atoms. The predicted molar refractivity (Wildman–Crippen MR) is 64.9 cm³/mol. The summed E-state index contributed by atoms with van der Waals surface area (Å²) in [6.45, 7) is 7.77. The Labute approximate surface area is 88.7 Å². The lowest BCUT2D eigenvalue weighted by molar-refractivity contribution is 1.21. The number of pyridine rings is 1. The molecule has 0 saturated heterocycles. The molecule has 0 aliphatic heterocycles. The van der Waals surface area contributed by atoms with E-state index in [4.69, 9.17) is 0 Å². The van der Waals surface area contributed by atoms with E-state index in [-0.39, 0.29) is 0 Å². The Kier molecular flexibility index (Phi) is 2.42. The molecule has 2 aromatic rings. The van der Waals surface area contributed by atoms with Gasteiger partial charge in [0.15, 0.2) is 0 Å². The van der Waals surface area contributed by atoms with E-state index in [1.165, 1.54) is 10.6 Å². The second kappa shape index (κ2) is 3.73. The molecule has 0 atom stereocenters. The van der Waals surface area contributed by atoms with E-state index in [1.54, 1.807) is 6.08 Å². The average Bonchev–Trinajstić information content (AvgIpc) is 2.58. The van der Waals surface area contributed by atoms with Crippen LogP contribution < -0.4 is 10.6 Å². The monoisotopic (exact) mass is 198 g/mol. The molecule has 2 rings (SSSR count). The predicted octanol–water partition coefficient (Wildman–Crippen LogP) is 1.64. The van der Waals surface area contributed by atoms with Gasteiger partial charge in [-0.05, 0) is 26.0 Å². The molecule has 2 heteroatoms. The van der Waals surface area contributed by atoms with Crippen LogP contribution in [0.4, 0.5) is 0 Å². The summed E-state index contributed by atoms with van der Waals surface area (Å²) in [7, 11) is 0. The molecule has 0 aliphatic carbocycles. The third-order valence-electron chi connectivity index (χ3n) is 2.55. The van der Waals surface area contributed by atoms with Crippen molar-refractivity contribution in [1.82, 2.24) is 9.97 Å². The van der Waals surface area contributed by atoms with Gasteiger partial charge in [0, 0.05) is 22.2 Å². The Morgan fingerprint density at radius 2 is 2.27 bits per heavy atom. The second-order valence-electron chi connectivity index (χ2n) is 3.46.